The predicted octanol–water partition coefficient (Wildman–Crippen LogP) is 1.45. The van der Waals surface area contributed by atoms with Gasteiger partial charge in [-0.3, -0.25) is 9.78 Å². The van der Waals surface area contributed by atoms with Crippen LogP contribution >= 0.6 is 0 Å². The fourth-order valence-electron chi connectivity index (χ4n) is 1.70. The average molecular weight is 271 g/mol. The number of pyridine rings is 2. The second kappa shape index (κ2) is 5.92. The summed E-state index contributed by atoms with van der Waals surface area (Å²) >= 11 is 0. The number of aromatic carboxylic acids is 1. The lowest BCUT2D eigenvalue weighted by Gasteiger charge is -2.16. The fourth-order valence-corrected chi connectivity index (χ4v) is 1.70. The van der Waals surface area contributed by atoms with E-state index in [9.17, 15) is 9.59 Å². The standard InChI is InChI=1S/C14H13N3O3/c1-17(9-10-3-2-6-15-7-10)13(18)11-4-5-12(14(19)20)16-8-11/h2-8H,9H2,1H3,(H,19,20). The maximum absolute atomic E-state index is 12.1. The van der Waals surface area contributed by atoms with Gasteiger partial charge in [-0.1, -0.05) is 6.07 Å². The molecule has 0 fully saturated rings. The molecule has 6 nitrogen and oxygen atoms in total. The molecule has 0 spiro atoms. The Morgan fingerprint density at radius 2 is 2.05 bits per heavy atom. The molecule has 0 aliphatic rings. The molecule has 20 heavy (non-hydrogen) atoms. The van der Waals surface area contributed by atoms with Crippen molar-refractivity contribution in [1.82, 2.24) is 14.9 Å². The number of rotatable bonds is 4. The highest BCUT2D eigenvalue weighted by molar-refractivity contribution is 5.94. The van der Waals surface area contributed by atoms with Gasteiger partial charge in [0, 0.05) is 32.2 Å². The van der Waals surface area contributed by atoms with Crippen molar-refractivity contribution in [2.45, 2.75) is 6.54 Å². The Bertz CT molecular complexity index is 611. The molecule has 0 unspecified atom stereocenters. The van der Waals surface area contributed by atoms with Gasteiger partial charge in [-0.25, -0.2) is 9.78 Å². The molecule has 2 heterocycles. The molecule has 2 rings (SSSR count). The van der Waals surface area contributed by atoms with Gasteiger partial charge < -0.3 is 10.0 Å². The summed E-state index contributed by atoms with van der Waals surface area (Å²) in [4.78, 5) is 32.1. The van der Waals surface area contributed by atoms with E-state index in [-0.39, 0.29) is 11.6 Å². The molecule has 1 amide bonds. The van der Waals surface area contributed by atoms with Gasteiger partial charge in [0.15, 0.2) is 0 Å². The number of hydrogen-bond donors (Lipinski definition) is 1. The van der Waals surface area contributed by atoms with E-state index in [4.69, 9.17) is 5.11 Å². The van der Waals surface area contributed by atoms with Gasteiger partial charge in [0.1, 0.15) is 5.69 Å². The molecule has 2 aromatic heterocycles. The van der Waals surface area contributed by atoms with Gasteiger partial charge in [0.05, 0.1) is 5.56 Å². The third-order valence-corrected chi connectivity index (χ3v) is 2.72. The van der Waals surface area contributed by atoms with Crippen LogP contribution in [-0.2, 0) is 6.54 Å². The molecule has 0 aliphatic heterocycles. The molecule has 0 saturated heterocycles. The van der Waals surface area contributed by atoms with E-state index in [1.165, 1.54) is 23.2 Å². The third-order valence-electron chi connectivity index (χ3n) is 2.72. The Balaban J connectivity index is 2.08. The number of carboxylic acid groups (broad SMARTS) is 1. The zero-order valence-electron chi connectivity index (χ0n) is 10.9. The van der Waals surface area contributed by atoms with Crippen LogP contribution < -0.4 is 0 Å². The lowest BCUT2D eigenvalue weighted by molar-refractivity contribution is 0.0688. The van der Waals surface area contributed by atoms with Gasteiger partial charge in [-0.2, -0.15) is 0 Å². The summed E-state index contributed by atoms with van der Waals surface area (Å²) in [5.74, 6) is -1.34. The highest BCUT2D eigenvalue weighted by Gasteiger charge is 2.13. The number of aromatic nitrogens is 2. The number of carbonyl (C=O) groups excluding carboxylic acids is 1. The molecule has 0 radical (unpaired) electrons. The van der Waals surface area contributed by atoms with Crippen LogP contribution in [0.1, 0.15) is 26.4 Å². The van der Waals surface area contributed by atoms with Crippen LogP contribution in [0.15, 0.2) is 42.9 Å². The van der Waals surface area contributed by atoms with Crippen molar-refractivity contribution in [1.29, 1.82) is 0 Å². The molecule has 0 bridgehead atoms. The van der Waals surface area contributed by atoms with Crippen molar-refractivity contribution in [3.8, 4) is 0 Å². The van der Waals surface area contributed by atoms with Crippen LogP contribution in [0.4, 0.5) is 0 Å². The topological polar surface area (TPSA) is 83.4 Å². The summed E-state index contributed by atoms with van der Waals surface area (Å²) in [6.07, 6.45) is 4.63. The molecule has 6 heteroatoms. The maximum Gasteiger partial charge on any atom is 0.354 e. The first-order valence-corrected chi connectivity index (χ1v) is 5.91. The van der Waals surface area contributed by atoms with Gasteiger partial charge in [-0.15, -0.1) is 0 Å². The average Bonchev–Trinajstić information content (AvgIpc) is 2.47. The second-order valence-electron chi connectivity index (χ2n) is 4.26. The van der Waals surface area contributed by atoms with E-state index in [0.717, 1.165) is 5.56 Å². The van der Waals surface area contributed by atoms with Gasteiger partial charge in [-0.05, 0) is 23.8 Å². The minimum atomic E-state index is -1.12. The van der Waals surface area contributed by atoms with E-state index in [0.29, 0.717) is 12.1 Å². The zero-order valence-corrected chi connectivity index (χ0v) is 10.9. The summed E-state index contributed by atoms with van der Waals surface area (Å²) in [5, 5.41) is 8.75. The monoisotopic (exact) mass is 271 g/mol. The molecule has 0 atom stereocenters. The molecular weight excluding hydrogens is 258 g/mol. The SMILES string of the molecule is CN(Cc1cccnc1)C(=O)c1ccc(C(=O)O)nc1. The van der Waals surface area contributed by atoms with E-state index < -0.39 is 5.97 Å². The molecule has 0 aliphatic carbocycles. The fraction of sp³-hybridized carbons (Fsp3) is 0.143. The Morgan fingerprint density at radius 1 is 1.25 bits per heavy atom. The van der Waals surface area contributed by atoms with Crippen LogP contribution in [0.3, 0.4) is 0 Å². The van der Waals surface area contributed by atoms with Crippen molar-refractivity contribution < 1.29 is 14.7 Å². The van der Waals surface area contributed by atoms with E-state index >= 15 is 0 Å². The number of nitrogens with zero attached hydrogens (tertiary/aromatic N) is 3. The van der Waals surface area contributed by atoms with Crippen molar-refractivity contribution in [3.05, 3.63) is 59.7 Å². The lowest BCUT2D eigenvalue weighted by atomic mass is 10.2. The van der Waals surface area contributed by atoms with Crippen molar-refractivity contribution >= 4 is 11.9 Å². The summed E-state index contributed by atoms with van der Waals surface area (Å²) in [5.41, 5.74) is 1.18. The molecule has 0 aromatic carbocycles. The van der Waals surface area contributed by atoms with Crippen LogP contribution in [0.25, 0.3) is 0 Å². The largest absolute Gasteiger partial charge is 0.477 e. The third kappa shape index (κ3) is 3.17. The van der Waals surface area contributed by atoms with Crippen LogP contribution in [0.2, 0.25) is 0 Å². The first-order chi connectivity index (χ1) is 9.58. The molecule has 2 aromatic rings. The van der Waals surface area contributed by atoms with Gasteiger partial charge >= 0.3 is 5.97 Å². The number of hydrogen-bond acceptors (Lipinski definition) is 4. The van der Waals surface area contributed by atoms with Crippen LogP contribution in [0.5, 0.6) is 0 Å². The van der Waals surface area contributed by atoms with Crippen LogP contribution in [0, 0.1) is 0 Å². The highest BCUT2D eigenvalue weighted by atomic mass is 16.4. The molecular formula is C14H13N3O3. The van der Waals surface area contributed by atoms with E-state index in [2.05, 4.69) is 9.97 Å². The number of carbonyl (C=O) groups is 2. The van der Waals surface area contributed by atoms with Crippen molar-refractivity contribution in [2.75, 3.05) is 7.05 Å². The Kier molecular flexibility index (Phi) is 4.05. The summed E-state index contributed by atoms with van der Waals surface area (Å²) in [6.45, 7) is 0.424. The smallest absolute Gasteiger partial charge is 0.354 e. The van der Waals surface area contributed by atoms with E-state index in [1.807, 2.05) is 6.07 Å². The van der Waals surface area contributed by atoms with Gasteiger partial charge in [0.25, 0.3) is 5.91 Å². The first kappa shape index (κ1) is 13.7. The number of carboxylic acids is 1. The predicted molar refractivity (Wildman–Crippen MR) is 71.2 cm³/mol. The quantitative estimate of drug-likeness (QED) is 0.909. The van der Waals surface area contributed by atoms with E-state index in [1.54, 1.807) is 25.5 Å². The maximum atomic E-state index is 12.1. The summed E-state index contributed by atoms with van der Waals surface area (Å²) in [7, 11) is 1.67. The Hall–Kier alpha value is -2.76. The Labute approximate surface area is 115 Å². The molecule has 102 valence electrons. The van der Waals surface area contributed by atoms with Gasteiger partial charge in [0.2, 0.25) is 0 Å². The van der Waals surface area contributed by atoms with Crippen molar-refractivity contribution in [2.24, 2.45) is 0 Å². The van der Waals surface area contributed by atoms with Crippen LogP contribution in [-0.4, -0.2) is 38.9 Å². The highest BCUT2D eigenvalue weighted by Crippen LogP contribution is 2.07. The summed E-state index contributed by atoms with van der Waals surface area (Å²) in [6, 6.07) is 6.45. The minimum Gasteiger partial charge on any atom is -0.477 e. The minimum absolute atomic E-state index is 0.0866. The molecule has 0 saturated carbocycles. The second-order valence-corrected chi connectivity index (χ2v) is 4.26. The lowest BCUT2D eigenvalue weighted by Crippen LogP contribution is -2.26. The van der Waals surface area contributed by atoms with Crippen molar-refractivity contribution in [3.63, 3.8) is 0 Å². The summed E-state index contributed by atoms with van der Waals surface area (Å²) < 4.78 is 0. The first-order valence-electron chi connectivity index (χ1n) is 5.91. The number of amides is 1. The molecule has 1 N–H and O–H groups in total. The normalized spacial score (nSPS) is 10.1. The Morgan fingerprint density at radius 3 is 2.60 bits per heavy atom. The zero-order chi connectivity index (χ0) is 14.5.